The molecule has 1 aromatic carbocycles. The van der Waals surface area contributed by atoms with Crippen LogP contribution in [0.15, 0.2) is 18.2 Å². The van der Waals surface area contributed by atoms with Gasteiger partial charge < -0.3 is 4.74 Å². The van der Waals surface area contributed by atoms with Gasteiger partial charge in [0.05, 0.1) is 13.5 Å². The Hall–Kier alpha value is -1.31. The van der Waals surface area contributed by atoms with Crippen LogP contribution in [0.3, 0.4) is 0 Å². The van der Waals surface area contributed by atoms with Crippen molar-refractivity contribution in [1.29, 1.82) is 0 Å². The normalized spacial score (nSPS) is 18.6. The molecule has 0 amide bonds. The molecule has 1 unspecified atom stereocenters. The minimum Gasteiger partial charge on any atom is -0.469 e. The van der Waals surface area contributed by atoms with Crippen LogP contribution >= 0.6 is 0 Å². The number of rotatable bonds is 2. The van der Waals surface area contributed by atoms with Crippen molar-refractivity contribution >= 4 is 5.97 Å². The summed E-state index contributed by atoms with van der Waals surface area (Å²) in [5.74, 6) is 0.240. The van der Waals surface area contributed by atoms with Crippen molar-refractivity contribution < 1.29 is 9.53 Å². The molecular formula is C16H22O2. The van der Waals surface area contributed by atoms with E-state index < -0.39 is 0 Å². The largest absolute Gasteiger partial charge is 0.469 e. The highest BCUT2D eigenvalue weighted by Crippen LogP contribution is 2.38. The van der Waals surface area contributed by atoms with Gasteiger partial charge in [-0.15, -0.1) is 0 Å². The number of hydrogen-bond donors (Lipinski definition) is 0. The number of methoxy groups -OCH3 is 1. The van der Waals surface area contributed by atoms with E-state index in [0.29, 0.717) is 12.3 Å². The van der Waals surface area contributed by atoms with E-state index in [2.05, 4.69) is 39.0 Å². The summed E-state index contributed by atoms with van der Waals surface area (Å²) in [6, 6.07) is 6.74. The Morgan fingerprint density at radius 3 is 2.72 bits per heavy atom. The number of ether oxygens (including phenoxy) is 1. The highest BCUT2D eigenvalue weighted by molar-refractivity contribution is 5.70. The van der Waals surface area contributed by atoms with Gasteiger partial charge >= 0.3 is 5.97 Å². The van der Waals surface area contributed by atoms with Gasteiger partial charge in [0.2, 0.25) is 0 Å². The summed E-state index contributed by atoms with van der Waals surface area (Å²) in [6.07, 6.45) is 2.66. The van der Waals surface area contributed by atoms with E-state index in [4.69, 9.17) is 4.74 Å². The van der Waals surface area contributed by atoms with Crippen molar-refractivity contribution in [3.8, 4) is 0 Å². The lowest BCUT2D eigenvalue weighted by Gasteiger charge is -2.21. The highest BCUT2D eigenvalue weighted by atomic mass is 16.5. The van der Waals surface area contributed by atoms with E-state index in [9.17, 15) is 4.79 Å². The van der Waals surface area contributed by atoms with E-state index in [0.717, 1.165) is 12.8 Å². The predicted octanol–water partition coefficient (Wildman–Crippen LogP) is 3.58. The molecule has 0 spiro atoms. The molecule has 0 N–H and O–H groups in total. The molecule has 2 rings (SSSR count). The smallest absolute Gasteiger partial charge is 0.306 e. The standard InChI is InChI=1S/C16H22O2/c1-16(2,3)13-8-7-11-5-6-12(14(11)10-13)9-15(17)18-4/h7-8,10,12H,5-6,9H2,1-4H3. The predicted molar refractivity (Wildman–Crippen MR) is 72.8 cm³/mol. The second-order valence-corrected chi connectivity index (χ2v) is 6.18. The van der Waals surface area contributed by atoms with Gasteiger partial charge in [0, 0.05) is 0 Å². The Bertz CT molecular complexity index is 455. The molecule has 0 fully saturated rings. The van der Waals surface area contributed by atoms with Crippen LogP contribution in [-0.4, -0.2) is 13.1 Å². The lowest BCUT2D eigenvalue weighted by Crippen LogP contribution is -2.12. The van der Waals surface area contributed by atoms with E-state index >= 15 is 0 Å². The van der Waals surface area contributed by atoms with Crippen LogP contribution in [0, 0.1) is 0 Å². The molecule has 0 bridgehead atoms. The summed E-state index contributed by atoms with van der Waals surface area (Å²) in [4.78, 5) is 11.4. The van der Waals surface area contributed by atoms with Crippen LogP contribution in [0.4, 0.5) is 0 Å². The molecule has 1 aliphatic rings. The first-order chi connectivity index (χ1) is 8.41. The van der Waals surface area contributed by atoms with Gasteiger partial charge in [-0.1, -0.05) is 39.0 Å². The van der Waals surface area contributed by atoms with Gasteiger partial charge in [-0.05, 0) is 40.9 Å². The van der Waals surface area contributed by atoms with Crippen molar-refractivity contribution in [2.24, 2.45) is 0 Å². The van der Waals surface area contributed by atoms with E-state index in [-0.39, 0.29) is 11.4 Å². The molecule has 0 aromatic heterocycles. The Kier molecular flexibility index (Phi) is 3.47. The number of aryl methyl sites for hydroxylation is 1. The fourth-order valence-corrected chi connectivity index (χ4v) is 2.65. The summed E-state index contributed by atoms with van der Waals surface area (Å²) in [7, 11) is 1.46. The number of benzene rings is 1. The number of fused-ring (bicyclic) bond motifs is 1. The Morgan fingerprint density at radius 1 is 1.39 bits per heavy atom. The Labute approximate surface area is 109 Å². The monoisotopic (exact) mass is 246 g/mol. The van der Waals surface area contributed by atoms with E-state index in [1.165, 1.54) is 23.8 Å². The molecule has 2 nitrogen and oxygen atoms in total. The molecule has 1 aromatic rings. The fraction of sp³-hybridized carbons (Fsp3) is 0.562. The van der Waals surface area contributed by atoms with Crippen LogP contribution in [0.25, 0.3) is 0 Å². The van der Waals surface area contributed by atoms with Gasteiger partial charge in [0.1, 0.15) is 0 Å². The molecule has 18 heavy (non-hydrogen) atoms. The topological polar surface area (TPSA) is 26.3 Å². The minimum atomic E-state index is -0.103. The molecular weight excluding hydrogens is 224 g/mol. The zero-order valence-corrected chi connectivity index (χ0v) is 11.7. The van der Waals surface area contributed by atoms with Crippen LogP contribution in [0.1, 0.15) is 56.2 Å². The summed E-state index contributed by atoms with van der Waals surface area (Å²) in [5, 5.41) is 0. The second-order valence-electron chi connectivity index (χ2n) is 6.18. The third kappa shape index (κ3) is 2.58. The van der Waals surface area contributed by atoms with Crippen LogP contribution in [-0.2, 0) is 21.4 Å². The first kappa shape index (κ1) is 13.1. The number of esters is 1. The van der Waals surface area contributed by atoms with Gasteiger partial charge in [0.15, 0.2) is 0 Å². The van der Waals surface area contributed by atoms with Crippen LogP contribution in [0.5, 0.6) is 0 Å². The van der Waals surface area contributed by atoms with E-state index in [1.807, 2.05) is 0 Å². The molecule has 0 saturated heterocycles. The summed E-state index contributed by atoms with van der Waals surface area (Å²) >= 11 is 0. The molecule has 1 atom stereocenters. The number of hydrogen-bond acceptors (Lipinski definition) is 2. The zero-order valence-electron chi connectivity index (χ0n) is 11.7. The fourth-order valence-electron chi connectivity index (χ4n) is 2.65. The second kappa shape index (κ2) is 4.75. The maximum absolute atomic E-state index is 11.4. The first-order valence-corrected chi connectivity index (χ1v) is 6.62. The number of carbonyl (C=O) groups excluding carboxylic acids is 1. The maximum atomic E-state index is 11.4. The quantitative estimate of drug-likeness (QED) is 0.746. The third-order valence-corrected chi connectivity index (χ3v) is 3.85. The molecule has 0 saturated carbocycles. The molecule has 0 aliphatic heterocycles. The summed E-state index contributed by atoms with van der Waals surface area (Å²) in [5.41, 5.74) is 4.26. The van der Waals surface area contributed by atoms with Crippen molar-refractivity contribution in [1.82, 2.24) is 0 Å². The Balaban J connectivity index is 2.28. The summed E-state index contributed by atoms with van der Waals surface area (Å²) < 4.78 is 4.79. The summed E-state index contributed by atoms with van der Waals surface area (Å²) in [6.45, 7) is 6.66. The Morgan fingerprint density at radius 2 is 2.11 bits per heavy atom. The molecule has 1 aliphatic carbocycles. The molecule has 0 radical (unpaired) electrons. The van der Waals surface area contributed by atoms with Gasteiger partial charge in [-0.3, -0.25) is 4.79 Å². The maximum Gasteiger partial charge on any atom is 0.306 e. The van der Waals surface area contributed by atoms with Crippen LogP contribution in [0.2, 0.25) is 0 Å². The average molecular weight is 246 g/mol. The molecule has 2 heteroatoms. The third-order valence-electron chi connectivity index (χ3n) is 3.85. The van der Waals surface area contributed by atoms with Gasteiger partial charge in [0.25, 0.3) is 0 Å². The molecule has 98 valence electrons. The van der Waals surface area contributed by atoms with Crippen molar-refractivity contribution in [2.45, 2.75) is 51.4 Å². The lowest BCUT2D eigenvalue weighted by atomic mass is 9.84. The van der Waals surface area contributed by atoms with E-state index in [1.54, 1.807) is 0 Å². The SMILES string of the molecule is COC(=O)CC1CCc2ccc(C(C)(C)C)cc21. The number of carbonyl (C=O) groups is 1. The van der Waals surface area contributed by atoms with Crippen molar-refractivity contribution in [3.05, 3.63) is 34.9 Å². The average Bonchev–Trinajstić information content (AvgIpc) is 2.70. The lowest BCUT2D eigenvalue weighted by molar-refractivity contribution is -0.141. The van der Waals surface area contributed by atoms with Gasteiger partial charge in [-0.2, -0.15) is 0 Å². The zero-order chi connectivity index (χ0) is 13.3. The van der Waals surface area contributed by atoms with Gasteiger partial charge in [-0.25, -0.2) is 0 Å². The first-order valence-electron chi connectivity index (χ1n) is 6.62. The minimum absolute atomic E-state index is 0.103. The van der Waals surface area contributed by atoms with Crippen LogP contribution < -0.4 is 0 Å². The van der Waals surface area contributed by atoms with Crippen molar-refractivity contribution in [2.75, 3.05) is 7.11 Å². The van der Waals surface area contributed by atoms with Crippen molar-refractivity contribution in [3.63, 3.8) is 0 Å². The molecule has 0 heterocycles. The highest BCUT2D eigenvalue weighted by Gasteiger charge is 2.26.